The van der Waals surface area contributed by atoms with Crippen LogP contribution in [-0.2, 0) is 20.7 Å². The number of alkyl carbamates (subject to hydrolysis) is 1. The summed E-state index contributed by atoms with van der Waals surface area (Å²) in [7, 11) is 0. The first-order valence-electron chi connectivity index (χ1n) is 7.93. The molecule has 10 heteroatoms. The lowest BCUT2D eigenvalue weighted by Crippen LogP contribution is -2.45. The predicted molar refractivity (Wildman–Crippen MR) is 90.0 cm³/mol. The highest BCUT2D eigenvalue weighted by molar-refractivity contribution is 5.92. The maximum atomic E-state index is 12.1. The number of aromatic nitrogens is 2. The molecule has 1 heterocycles. The molecule has 0 aromatic carbocycles. The van der Waals surface area contributed by atoms with E-state index < -0.39 is 41.8 Å². The second-order valence-corrected chi connectivity index (χ2v) is 6.45. The summed E-state index contributed by atoms with van der Waals surface area (Å²) in [5.41, 5.74) is -1.49. The number of nitrogens with one attached hydrogen (secondary N) is 2. The van der Waals surface area contributed by atoms with Gasteiger partial charge in [0, 0.05) is 12.1 Å². The summed E-state index contributed by atoms with van der Waals surface area (Å²) < 4.78 is 9.94. The van der Waals surface area contributed by atoms with Crippen molar-refractivity contribution in [1.29, 1.82) is 0 Å². The number of carboxylic acids is 1. The second-order valence-electron chi connectivity index (χ2n) is 6.45. The number of hydrogen-bond acceptors (Lipinski definition) is 7. The van der Waals surface area contributed by atoms with E-state index in [2.05, 4.69) is 15.3 Å². The average Bonchev–Trinajstić information content (AvgIpc) is 2.43. The van der Waals surface area contributed by atoms with Crippen LogP contribution in [0.2, 0.25) is 0 Å². The molecule has 0 saturated heterocycles. The number of amides is 1. The van der Waals surface area contributed by atoms with Crippen molar-refractivity contribution in [2.75, 3.05) is 6.61 Å². The Kier molecular flexibility index (Phi) is 6.87. The molecule has 1 aromatic heterocycles. The van der Waals surface area contributed by atoms with Gasteiger partial charge in [0.1, 0.15) is 17.2 Å². The van der Waals surface area contributed by atoms with Gasteiger partial charge in [0.2, 0.25) is 0 Å². The summed E-state index contributed by atoms with van der Waals surface area (Å²) in [6.07, 6.45) is -1.34. The van der Waals surface area contributed by atoms with E-state index in [4.69, 9.17) is 9.47 Å². The third-order valence-corrected chi connectivity index (χ3v) is 3.06. The van der Waals surface area contributed by atoms with Crippen molar-refractivity contribution in [1.82, 2.24) is 15.3 Å². The Morgan fingerprint density at radius 3 is 2.42 bits per heavy atom. The number of H-pyrrole nitrogens is 1. The Balaban J connectivity index is 3.16. The molecule has 0 bridgehead atoms. The van der Waals surface area contributed by atoms with Crippen LogP contribution in [-0.4, -0.2) is 51.4 Å². The van der Waals surface area contributed by atoms with E-state index in [1.807, 2.05) is 0 Å². The molecular weight excluding hydrogens is 346 g/mol. The van der Waals surface area contributed by atoms with Crippen molar-refractivity contribution in [2.45, 2.75) is 52.7 Å². The van der Waals surface area contributed by atoms with Crippen molar-refractivity contribution in [3.05, 3.63) is 27.4 Å². The number of aryl methyl sites for hydroxylation is 1. The Morgan fingerprint density at radius 1 is 1.31 bits per heavy atom. The van der Waals surface area contributed by atoms with Crippen molar-refractivity contribution >= 4 is 18.0 Å². The number of esters is 1. The maximum Gasteiger partial charge on any atom is 0.408 e. The van der Waals surface area contributed by atoms with Crippen LogP contribution in [0.4, 0.5) is 4.79 Å². The smallest absolute Gasteiger partial charge is 0.408 e. The third kappa shape index (κ3) is 6.19. The zero-order chi connectivity index (χ0) is 20.1. The highest BCUT2D eigenvalue weighted by Gasteiger charge is 2.28. The minimum absolute atomic E-state index is 0.0383. The topological polar surface area (TPSA) is 148 Å². The highest BCUT2D eigenvalue weighted by atomic mass is 16.6. The molecular formula is C16H23N3O7. The van der Waals surface area contributed by atoms with E-state index in [9.17, 15) is 24.3 Å². The van der Waals surface area contributed by atoms with Gasteiger partial charge in [-0.1, -0.05) is 0 Å². The molecule has 144 valence electrons. The van der Waals surface area contributed by atoms with Crippen molar-refractivity contribution in [3.63, 3.8) is 0 Å². The number of aliphatic carboxylic acids is 1. The first-order chi connectivity index (χ1) is 11.9. The number of carbonyl (C=O) groups excluding carboxylic acids is 2. The normalized spacial score (nSPS) is 12.2. The van der Waals surface area contributed by atoms with Gasteiger partial charge in [-0.15, -0.1) is 0 Å². The first-order valence-corrected chi connectivity index (χ1v) is 7.93. The molecule has 1 atom stereocenters. The number of aromatic amines is 1. The van der Waals surface area contributed by atoms with Crippen LogP contribution in [0, 0.1) is 6.92 Å². The SMILES string of the molecule is CCOC(=O)c1c(C[C@H](NC(=O)OC(C)(C)C)C(=O)O)nc(=O)[nH]c1C. The van der Waals surface area contributed by atoms with Crippen molar-refractivity contribution < 1.29 is 29.0 Å². The Labute approximate surface area is 149 Å². The maximum absolute atomic E-state index is 12.1. The molecule has 1 amide bonds. The van der Waals surface area contributed by atoms with Crippen LogP contribution in [0.5, 0.6) is 0 Å². The first kappa shape index (κ1) is 21.1. The number of ether oxygens (including phenoxy) is 2. The van der Waals surface area contributed by atoms with Gasteiger partial charge in [0.05, 0.1) is 12.3 Å². The van der Waals surface area contributed by atoms with Crippen LogP contribution in [0.1, 0.15) is 49.4 Å². The van der Waals surface area contributed by atoms with E-state index in [0.29, 0.717) is 0 Å². The lowest BCUT2D eigenvalue weighted by Gasteiger charge is -2.22. The molecule has 0 unspecified atom stereocenters. The van der Waals surface area contributed by atoms with Gasteiger partial charge >= 0.3 is 23.7 Å². The monoisotopic (exact) mass is 369 g/mol. The molecule has 3 N–H and O–H groups in total. The fraction of sp³-hybridized carbons (Fsp3) is 0.562. The van der Waals surface area contributed by atoms with Crippen LogP contribution in [0.15, 0.2) is 4.79 Å². The molecule has 0 aliphatic rings. The molecule has 1 rings (SSSR count). The van der Waals surface area contributed by atoms with Gasteiger partial charge < -0.3 is 24.9 Å². The zero-order valence-electron chi connectivity index (χ0n) is 15.3. The molecule has 0 radical (unpaired) electrons. The standard InChI is InChI=1S/C16H23N3O7/c1-6-25-13(22)11-8(2)17-14(23)18-9(11)7-10(12(20)21)19-15(24)26-16(3,4)5/h10H,6-7H2,1-5H3,(H,19,24)(H,20,21)(H,17,18,23)/t10-/m0/s1. The number of nitrogens with zero attached hydrogens (tertiary/aromatic N) is 1. The Hall–Kier alpha value is -2.91. The minimum Gasteiger partial charge on any atom is -0.480 e. The van der Waals surface area contributed by atoms with Crippen LogP contribution < -0.4 is 11.0 Å². The lowest BCUT2D eigenvalue weighted by molar-refractivity contribution is -0.139. The highest BCUT2D eigenvalue weighted by Crippen LogP contribution is 2.13. The van der Waals surface area contributed by atoms with E-state index in [-0.39, 0.29) is 23.6 Å². The summed E-state index contributed by atoms with van der Waals surface area (Å²) in [4.78, 5) is 53.1. The Morgan fingerprint density at radius 2 is 1.92 bits per heavy atom. The summed E-state index contributed by atoms with van der Waals surface area (Å²) in [5.74, 6) is -2.12. The molecule has 26 heavy (non-hydrogen) atoms. The van der Waals surface area contributed by atoms with E-state index >= 15 is 0 Å². The van der Waals surface area contributed by atoms with E-state index in [1.165, 1.54) is 6.92 Å². The number of hydrogen-bond donors (Lipinski definition) is 3. The number of carbonyl (C=O) groups is 3. The third-order valence-electron chi connectivity index (χ3n) is 3.06. The summed E-state index contributed by atoms with van der Waals surface area (Å²) in [5, 5.41) is 11.5. The van der Waals surface area contributed by atoms with Crippen LogP contribution in [0.25, 0.3) is 0 Å². The van der Waals surface area contributed by atoms with Crippen LogP contribution >= 0.6 is 0 Å². The van der Waals surface area contributed by atoms with Gasteiger partial charge in [-0.2, -0.15) is 4.98 Å². The van der Waals surface area contributed by atoms with E-state index in [0.717, 1.165) is 0 Å². The van der Waals surface area contributed by atoms with Crippen molar-refractivity contribution in [3.8, 4) is 0 Å². The molecule has 1 aromatic rings. The summed E-state index contributed by atoms with van der Waals surface area (Å²) in [6.45, 7) is 8.05. The number of carboxylic acid groups (broad SMARTS) is 1. The largest absolute Gasteiger partial charge is 0.480 e. The van der Waals surface area contributed by atoms with Crippen molar-refractivity contribution in [2.24, 2.45) is 0 Å². The van der Waals surface area contributed by atoms with Gasteiger partial charge in [-0.25, -0.2) is 19.2 Å². The van der Waals surface area contributed by atoms with Gasteiger partial charge in [-0.3, -0.25) is 0 Å². The molecule has 0 aliphatic heterocycles. The molecule has 10 nitrogen and oxygen atoms in total. The molecule has 0 spiro atoms. The fourth-order valence-corrected chi connectivity index (χ4v) is 2.11. The minimum atomic E-state index is -1.45. The molecule has 0 saturated carbocycles. The molecule has 0 fully saturated rings. The average molecular weight is 369 g/mol. The van der Waals surface area contributed by atoms with Gasteiger partial charge in [-0.05, 0) is 34.6 Å². The summed E-state index contributed by atoms with van der Waals surface area (Å²) in [6, 6.07) is -1.45. The number of rotatable bonds is 6. The van der Waals surface area contributed by atoms with Gasteiger partial charge in [0.25, 0.3) is 0 Å². The zero-order valence-corrected chi connectivity index (χ0v) is 15.3. The predicted octanol–water partition coefficient (Wildman–Crippen LogP) is 0.775. The quantitative estimate of drug-likeness (QED) is 0.623. The summed E-state index contributed by atoms with van der Waals surface area (Å²) >= 11 is 0. The van der Waals surface area contributed by atoms with Crippen LogP contribution in [0.3, 0.4) is 0 Å². The van der Waals surface area contributed by atoms with Gasteiger partial charge in [0.15, 0.2) is 0 Å². The lowest BCUT2D eigenvalue weighted by atomic mass is 10.0. The Bertz CT molecular complexity index is 749. The van der Waals surface area contributed by atoms with E-state index in [1.54, 1.807) is 27.7 Å². The molecule has 0 aliphatic carbocycles. The second kappa shape index (κ2) is 8.45. The fourth-order valence-electron chi connectivity index (χ4n) is 2.11.